The second kappa shape index (κ2) is 9.11. The Morgan fingerprint density at radius 1 is 1.09 bits per heavy atom. The van der Waals surface area contributed by atoms with Crippen LogP contribution in [0.5, 0.6) is 23.0 Å². The molecule has 7 heteroatoms. The van der Waals surface area contributed by atoms with Crippen LogP contribution in [-0.2, 0) is 11.3 Å². The van der Waals surface area contributed by atoms with Crippen molar-refractivity contribution in [2.75, 3.05) is 18.7 Å². The van der Waals surface area contributed by atoms with Crippen molar-refractivity contribution in [3.63, 3.8) is 0 Å². The summed E-state index contributed by atoms with van der Waals surface area (Å²) in [5.74, 6) is 2.90. The van der Waals surface area contributed by atoms with E-state index in [1.165, 1.54) is 0 Å². The van der Waals surface area contributed by atoms with Crippen molar-refractivity contribution in [3.8, 4) is 23.0 Å². The molecule has 5 rings (SSSR count). The van der Waals surface area contributed by atoms with Crippen LogP contribution in [0.25, 0.3) is 0 Å². The van der Waals surface area contributed by atoms with Crippen LogP contribution in [0.1, 0.15) is 31.7 Å². The number of benzene rings is 2. The summed E-state index contributed by atoms with van der Waals surface area (Å²) in [6, 6.07) is 17.0. The highest BCUT2D eigenvalue weighted by Gasteiger charge is 2.41. The summed E-state index contributed by atoms with van der Waals surface area (Å²) >= 11 is 0. The standard InChI is InChI=1S/C26H27N3O4/c1-26(13-2-3-15-29(26)17-19-6-4-8-23-24(19)32-18-31-23)25(30)28-20-9-11-21(12-10-20)33-22-7-5-14-27-16-22/h4-12,14,16H,2-3,13,15,17-18H2,1H3,(H,28,30). The van der Waals surface area contributed by atoms with E-state index in [4.69, 9.17) is 14.2 Å². The monoisotopic (exact) mass is 445 g/mol. The number of nitrogens with one attached hydrogen (secondary N) is 1. The zero-order valence-corrected chi connectivity index (χ0v) is 18.6. The Kier molecular flexibility index (Phi) is 5.88. The van der Waals surface area contributed by atoms with Gasteiger partial charge in [0.15, 0.2) is 11.5 Å². The molecule has 0 saturated carbocycles. The smallest absolute Gasteiger partial charge is 0.244 e. The zero-order valence-electron chi connectivity index (χ0n) is 18.6. The van der Waals surface area contributed by atoms with Crippen LogP contribution >= 0.6 is 0 Å². The van der Waals surface area contributed by atoms with E-state index in [0.717, 1.165) is 48.6 Å². The molecule has 0 radical (unpaired) electrons. The van der Waals surface area contributed by atoms with E-state index in [2.05, 4.69) is 15.2 Å². The third-order valence-corrected chi connectivity index (χ3v) is 6.35. The van der Waals surface area contributed by atoms with E-state index in [1.54, 1.807) is 12.4 Å². The molecule has 1 N–H and O–H groups in total. The highest BCUT2D eigenvalue weighted by molar-refractivity contribution is 5.98. The molecule has 2 aliphatic rings. The minimum Gasteiger partial charge on any atom is -0.456 e. The molecule has 0 spiro atoms. The van der Waals surface area contributed by atoms with Gasteiger partial charge in [0.05, 0.1) is 11.7 Å². The number of piperidine rings is 1. The summed E-state index contributed by atoms with van der Waals surface area (Å²) in [4.78, 5) is 19.8. The molecule has 3 heterocycles. The number of nitrogens with zero attached hydrogens (tertiary/aromatic N) is 2. The molecule has 2 aliphatic heterocycles. The van der Waals surface area contributed by atoms with E-state index in [9.17, 15) is 4.79 Å². The Bertz CT molecular complexity index is 1120. The second-order valence-corrected chi connectivity index (χ2v) is 8.57. The first-order valence-corrected chi connectivity index (χ1v) is 11.2. The first kappa shape index (κ1) is 21.3. The molecule has 2 aromatic carbocycles. The molecule has 33 heavy (non-hydrogen) atoms. The lowest BCUT2D eigenvalue weighted by Gasteiger charge is -2.43. The molecule has 1 aromatic heterocycles. The number of anilines is 1. The van der Waals surface area contributed by atoms with Crippen molar-refractivity contribution >= 4 is 11.6 Å². The quantitative estimate of drug-likeness (QED) is 0.577. The first-order chi connectivity index (χ1) is 16.1. The number of pyridine rings is 1. The molecule has 1 amide bonds. The number of rotatable bonds is 6. The van der Waals surface area contributed by atoms with Crippen molar-refractivity contribution in [3.05, 3.63) is 72.6 Å². The molecule has 170 valence electrons. The van der Waals surface area contributed by atoms with Crippen LogP contribution in [-0.4, -0.2) is 34.7 Å². The number of carbonyl (C=O) groups excluding carboxylic acids is 1. The average Bonchev–Trinajstić information content (AvgIpc) is 3.32. The van der Waals surface area contributed by atoms with Crippen molar-refractivity contribution in [1.82, 2.24) is 9.88 Å². The van der Waals surface area contributed by atoms with Gasteiger partial charge in [0.25, 0.3) is 0 Å². The third kappa shape index (κ3) is 4.50. The van der Waals surface area contributed by atoms with Crippen LogP contribution in [0.2, 0.25) is 0 Å². The first-order valence-electron chi connectivity index (χ1n) is 11.2. The predicted octanol–water partition coefficient (Wildman–Crippen LogP) is 4.99. The van der Waals surface area contributed by atoms with Gasteiger partial charge in [-0.15, -0.1) is 0 Å². The van der Waals surface area contributed by atoms with Gasteiger partial charge in [-0.1, -0.05) is 12.1 Å². The fourth-order valence-electron chi connectivity index (χ4n) is 4.42. The van der Waals surface area contributed by atoms with Crippen LogP contribution in [0, 0.1) is 0 Å². The number of ether oxygens (including phenoxy) is 3. The van der Waals surface area contributed by atoms with E-state index >= 15 is 0 Å². The number of hydrogen-bond acceptors (Lipinski definition) is 6. The number of fused-ring (bicyclic) bond motifs is 1. The van der Waals surface area contributed by atoms with Gasteiger partial charge in [-0.2, -0.15) is 0 Å². The number of aromatic nitrogens is 1. The van der Waals surface area contributed by atoms with Gasteiger partial charge in [0.1, 0.15) is 11.5 Å². The Balaban J connectivity index is 1.28. The Hall–Kier alpha value is -3.58. The normalized spacial score (nSPS) is 19.8. The van der Waals surface area contributed by atoms with E-state index in [-0.39, 0.29) is 12.7 Å². The Morgan fingerprint density at radius 2 is 1.97 bits per heavy atom. The minimum absolute atomic E-state index is 0.00660. The van der Waals surface area contributed by atoms with E-state index in [0.29, 0.717) is 18.0 Å². The summed E-state index contributed by atoms with van der Waals surface area (Å²) in [6.07, 6.45) is 6.24. The topological polar surface area (TPSA) is 72.9 Å². The molecule has 0 bridgehead atoms. The van der Waals surface area contributed by atoms with E-state index in [1.807, 2.05) is 61.5 Å². The second-order valence-electron chi connectivity index (χ2n) is 8.57. The zero-order chi connectivity index (χ0) is 22.7. The summed E-state index contributed by atoms with van der Waals surface area (Å²) in [5, 5.41) is 3.11. The fraction of sp³-hybridized carbons (Fsp3) is 0.308. The van der Waals surface area contributed by atoms with Gasteiger partial charge in [-0.05, 0) is 75.2 Å². The van der Waals surface area contributed by atoms with Gasteiger partial charge in [0.2, 0.25) is 12.7 Å². The van der Waals surface area contributed by atoms with Gasteiger partial charge in [0, 0.05) is 24.0 Å². The maximum atomic E-state index is 13.5. The number of hydrogen-bond donors (Lipinski definition) is 1. The average molecular weight is 446 g/mol. The third-order valence-electron chi connectivity index (χ3n) is 6.35. The number of carbonyl (C=O) groups is 1. The molecule has 3 aromatic rings. The molecule has 1 fully saturated rings. The number of amides is 1. The predicted molar refractivity (Wildman–Crippen MR) is 125 cm³/mol. The molecule has 1 unspecified atom stereocenters. The van der Waals surface area contributed by atoms with Crippen molar-refractivity contribution in [2.45, 2.75) is 38.3 Å². The largest absolute Gasteiger partial charge is 0.456 e. The van der Waals surface area contributed by atoms with Crippen molar-refractivity contribution < 1.29 is 19.0 Å². The summed E-state index contributed by atoms with van der Waals surface area (Å²) in [5.41, 5.74) is 1.16. The van der Waals surface area contributed by atoms with Crippen LogP contribution in [0.15, 0.2) is 67.0 Å². The van der Waals surface area contributed by atoms with Crippen LogP contribution in [0.3, 0.4) is 0 Å². The van der Waals surface area contributed by atoms with Gasteiger partial charge >= 0.3 is 0 Å². The maximum absolute atomic E-state index is 13.5. The van der Waals surface area contributed by atoms with Gasteiger partial charge < -0.3 is 19.5 Å². The summed E-state index contributed by atoms with van der Waals surface area (Å²) in [6.45, 7) is 3.76. The maximum Gasteiger partial charge on any atom is 0.244 e. The van der Waals surface area contributed by atoms with Crippen LogP contribution < -0.4 is 19.5 Å². The van der Waals surface area contributed by atoms with Crippen LogP contribution in [0.4, 0.5) is 5.69 Å². The molecule has 0 aliphatic carbocycles. The van der Waals surface area contributed by atoms with Gasteiger partial charge in [-0.3, -0.25) is 14.7 Å². The number of para-hydroxylation sites is 1. The Labute approximate surface area is 193 Å². The molecule has 1 saturated heterocycles. The lowest BCUT2D eigenvalue weighted by atomic mass is 9.86. The lowest BCUT2D eigenvalue weighted by Crippen LogP contribution is -2.56. The van der Waals surface area contributed by atoms with Gasteiger partial charge in [-0.25, -0.2) is 0 Å². The summed E-state index contributed by atoms with van der Waals surface area (Å²) < 4.78 is 17.0. The highest BCUT2D eigenvalue weighted by atomic mass is 16.7. The minimum atomic E-state index is -0.620. The molecular formula is C26H27N3O4. The summed E-state index contributed by atoms with van der Waals surface area (Å²) in [7, 11) is 0. The SMILES string of the molecule is CC1(C(=O)Nc2ccc(Oc3cccnc3)cc2)CCCCN1Cc1cccc2c1OCO2. The lowest BCUT2D eigenvalue weighted by molar-refractivity contribution is -0.129. The fourth-order valence-corrected chi connectivity index (χ4v) is 4.42. The highest BCUT2D eigenvalue weighted by Crippen LogP contribution is 2.38. The molecular weight excluding hydrogens is 418 g/mol. The molecule has 1 atom stereocenters. The number of likely N-dealkylation sites (tertiary alicyclic amines) is 1. The van der Waals surface area contributed by atoms with E-state index < -0.39 is 5.54 Å². The Morgan fingerprint density at radius 3 is 2.79 bits per heavy atom. The van der Waals surface area contributed by atoms with Crippen molar-refractivity contribution in [1.29, 1.82) is 0 Å². The molecule has 7 nitrogen and oxygen atoms in total. The van der Waals surface area contributed by atoms with Crippen molar-refractivity contribution in [2.24, 2.45) is 0 Å².